The quantitative estimate of drug-likeness (QED) is 0.244. The minimum absolute atomic E-state index is 0.0423. The first-order valence-corrected chi connectivity index (χ1v) is 14.7. The van der Waals surface area contributed by atoms with Crippen LogP contribution in [0.1, 0.15) is 78.9 Å². The zero-order valence-electron chi connectivity index (χ0n) is 23.9. The maximum absolute atomic E-state index is 13.1. The minimum atomic E-state index is -4.55. The second kappa shape index (κ2) is 12.1. The molecule has 2 atom stereocenters. The molecule has 1 aliphatic heterocycles. The molecular weight excluding hydrogens is 571 g/mol. The molecular formula is C32H32F3N7O2. The molecule has 1 aromatic carbocycles. The average molecular weight is 604 g/mol. The van der Waals surface area contributed by atoms with Gasteiger partial charge in [-0.3, -0.25) is 14.3 Å². The first-order valence-electron chi connectivity index (χ1n) is 14.7. The van der Waals surface area contributed by atoms with Crippen LogP contribution in [0.25, 0.3) is 28.2 Å². The van der Waals surface area contributed by atoms with E-state index in [9.17, 15) is 22.8 Å². The summed E-state index contributed by atoms with van der Waals surface area (Å²) in [5.74, 6) is -0.375. The molecule has 228 valence electrons. The Morgan fingerprint density at radius 1 is 1.07 bits per heavy atom. The second-order valence-corrected chi connectivity index (χ2v) is 11.3. The molecule has 12 heteroatoms. The maximum Gasteiger partial charge on any atom is 0.416 e. The van der Waals surface area contributed by atoms with Crippen molar-refractivity contribution < 1.29 is 22.8 Å². The molecule has 0 unspecified atom stereocenters. The van der Waals surface area contributed by atoms with E-state index in [2.05, 4.69) is 32.8 Å². The highest BCUT2D eigenvalue weighted by Crippen LogP contribution is 2.39. The van der Waals surface area contributed by atoms with Gasteiger partial charge in [0, 0.05) is 41.5 Å². The lowest BCUT2D eigenvalue weighted by Gasteiger charge is -2.15. The number of fused-ring (bicyclic) bond motifs is 3. The molecule has 4 heterocycles. The molecule has 0 spiro atoms. The molecule has 2 amide bonds. The van der Waals surface area contributed by atoms with Crippen molar-refractivity contribution in [2.75, 3.05) is 11.1 Å². The van der Waals surface area contributed by atoms with E-state index >= 15 is 0 Å². The van der Waals surface area contributed by atoms with E-state index in [0.29, 0.717) is 28.9 Å². The lowest BCUT2D eigenvalue weighted by molar-refractivity contribution is -0.137. The van der Waals surface area contributed by atoms with E-state index in [-0.39, 0.29) is 29.4 Å². The first kappa shape index (κ1) is 29.3. The highest BCUT2D eigenvalue weighted by molar-refractivity contribution is 6.06. The highest BCUT2D eigenvalue weighted by Gasteiger charge is 2.32. The predicted octanol–water partition coefficient (Wildman–Crippen LogP) is 6.53. The molecule has 44 heavy (non-hydrogen) atoms. The monoisotopic (exact) mass is 603 g/mol. The third kappa shape index (κ3) is 6.15. The van der Waals surface area contributed by atoms with Crippen LogP contribution in [0.2, 0.25) is 0 Å². The molecule has 3 aromatic heterocycles. The number of alkyl halides is 3. The van der Waals surface area contributed by atoms with Crippen molar-refractivity contribution in [3.8, 4) is 11.3 Å². The van der Waals surface area contributed by atoms with E-state index in [4.69, 9.17) is 10.8 Å². The predicted molar refractivity (Wildman–Crippen MR) is 162 cm³/mol. The van der Waals surface area contributed by atoms with Gasteiger partial charge >= 0.3 is 6.18 Å². The third-order valence-electron chi connectivity index (χ3n) is 8.22. The highest BCUT2D eigenvalue weighted by atomic mass is 19.4. The Morgan fingerprint density at radius 3 is 2.68 bits per heavy atom. The van der Waals surface area contributed by atoms with Gasteiger partial charge < -0.3 is 16.4 Å². The molecule has 4 N–H and O–H groups in total. The second-order valence-electron chi connectivity index (χ2n) is 11.3. The third-order valence-corrected chi connectivity index (χ3v) is 8.22. The Balaban J connectivity index is 1.34. The van der Waals surface area contributed by atoms with E-state index in [1.165, 1.54) is 0 Å². The van der Waals surface area contributed by atoms with E-state index < -0.39 is 17.6 Å². The Morgan fingerprint density at radius 2 is 1.89 bits per heavy atom. The number of aromatic nitrogens is 4. The Kier molecular flexibility index (Phi) is 8.07. The Labute approximate surface area is 251 Å². The van der Waals surface area contributed by atoms with Crippen molar-refractivity contribution >= 4 is 40.4 Å². The molecule has 1 aliphatic carbocycles. The molecule has 2 aliphatic rings. The van der Waals surface area contributed by atoms with Gasteiger partial charge in [0.05, 0.1) is 22.5 Å². The van der Waals surface area contributed by atoms with Crippen LogP contribution in [0.4, 0.5) is 24.8 Å². The molecule has 6 rings (SSSR count). The van der Waals surface area contributed by atoms with Crippen LogP contribution in [-0.4, -0.2) is 37.6 Å². The number of carbonyl (C=O) groups is 2. The van der Waals surface area contributed by atoms with E-state index in [1.54, 1.807) is 30.5 Å². The van der Waals surface area contributed by atoms with Crippen molar-refractivity contribution in [2.24, 2.45) is 0 Å². The average Bonchev–Trinajstić information content (AvgIpc) is 3.62. The largest absolute Gasteiger partial charge is 0.416 e. The number of hydrogen-bond donors (Lipinski definition) is 3. The minimum Gasteiger partial charge on any atom is -0.383 e. The Hall–Kier alpha value is -4.74. The number of pyridine rings is 2. The summed E-state index contributed by atoms with van der Waals surface area (Å²) in [6, 6.07) is 8.36. The zero-order valence-corrected chi connectivity index (χ0v) is 23.9. The van der Waals surface area contributed by atoms with Crippen molar-refractivity contribution in [1.29, 1.82) is 0 Å². The van der Waals surface area contributed by atoms with Crippen LogP contribution >= 0.6 is 0 Å². The number of allylic oxidation sites excluding steroid dienone is 1. The van der Waals surface area contributed by atoms with Crippen molar-refractivity contribution in [2.45, 2.75) is 69.6 Å². The lowest BCUT2D eigenvalue weighted by atomic mass is 10.0. The van der Waals surface area contributed by atoms with Crippen LogP contribution < -0.4 is 16.4 Å². The first-order chi connectivity index (χ1) is 21.2. The van der Waals surface area contributed by atoms with Crippen molar-refractivity contribution in [3.05, 3.63) is 71.6 Å². The number of anilines is 2. The van der Waals surface area contributed by atoms with Crippen molar-refractivity contribution in [1.82, 2.24) is 25.1 Å². The summed E-state index contributed by atoms with van der Waals surface area (Å²) in [4.78, 5) is 33.7. The number of nitrogens with zero attached hydrogens (tertiary/aromatic N) is 4. The normalized spacial score (nSPS) is 19.3. The van der Waals surface area contributed by atoms with Gasteiger partial charge in [0.2, 0.25) is 5.91 Å². The summed E-state index contributed by atoms with van der Waals surface area (Å²) in [5.41, 5.74) is 8.88. The number of benzene rings is 1. The van der Waals surface area contributed by atoms with Crippen LogP contribution in [0.15, 0.2) is 54.9 Å². The smallest absolute Gasteiger partial charge is 0.383 e. The Bertz CT molecular complexity index is 1730. The number of hydrogen-bond acceptors (Lipinski definition) is 6. The molecule has 0 radical (unpaired) electrons. The molecule has 1 fully saturated rings. The van der Waals surface area contributed by atoms with Crippen LogP contribution in [0.3, 0.4) is 0 Å². The van der Waals surface area contributed by atoms with Gasteiger partial charge in [-0.1, -0.05) is 30.7 Å². The summed E-state index contributed by atoms with van der Waals surface area (Å²) in [5, 5.41) is 11.4. The van der Waals surface area contributed by atoms with E-state index in [0.717, 1.165) is 74.4 Å². The van der Waals surface area contributed by atoms with Crippen LogP contribution in [-0.2, 0) is 11.0 Å². The number of amides is 2. The molecule has 2 bridgehead atoms. The fourth-order valence-corrected chi connectivity index (χ4v) is 6.00. The fourth-order valence-electron chi connectivity index (χ4n) is 6.00. The van der Waals surface area contributed by atoms with Crippen molar-refractivity contribution in [3.63, 3.8) is 0 Å². The number of nitrogens with two attached hydrogens (primary N) is 1. The topological polar surface area (TPSA) is 128 Å². The van der Waals surface area contributed by atoms with Gasteiger partial charge in [-0.15, -0.1) is 0 Å². The van der Waals surface area contributed by atoms with Crippen LogP contribution in [0, 0.1) is 0 Å². The van der Waals surface area contributed by atoms with E-state index in [1.807, 2.05) is 4.68 Å². The summed E-state index contributed by atoms with van der Waals surface area (Å²) >= 11 is 0. The SMILES string of the molecule is Nc1ncc2c3c1c(-c1ccc(C(=O)Nc4cc(C(F)(F)F)ccn4)cc1)nn3[C@@H]1CC[C@H](C1)NC(=O)CCCCCC=C2. The molecule has 0 saturated heterocycles. The molecule has 4 aromatic rings. The van der Waals surface area contributed by atoms with Gasteiger partial charge in [0.15, 0.2) is 0 Å². The number of nitrogen functional groups attached to an aromatic ring is 1. The standard InChI is InChI=1S/C32H32F3N7O2/c33-32(34,35)22-14-15-37-25(16-22)40-31(44)20-10-8-19(9-11-20)28-27-29-21(18-38-30(27)36)6-4-2-1-3-5-7-26(43)39-23-12-13-24(17-23)42(29)41-28/h4,6,8-11,14-16,18,23-24H,1-3,5,7,12-13,17H2,(H2,36,38)(H,39,43)(H,37,40,44)/t23-,24-/m1/s1. The molecule has 9 nitrogen and oxygen atoms in total. The maximum atomic E-state index is 13.1. The number of carbonyl (C=O) groups excluding carboxylic acids is 2. The zero-order chi connectivity index (χ0) is 30.8. The van der Waals surface area contributed by atoms with Crippen LogP contribution in [0.5, 0.6) is 0 Å². The molecule has 1 saturated carbocycles. The summed E-state index contributed by atoms with van der Waals surface area (Å²) in [6.45, 7) is 0. The summed E-state index contributed by atoms with van der Waals surface area (Å²) < 4.78 is 41.3. The van der Waals surface area contributed by atoms with Gasteiger partial charge in [0.1, 0.15) is 17.3 Å². The summed E-state index contributed by atoms with van der Waals surface area (Å²) in [7, 11) is 0. The number of rotatable bonds is 3. The summed E-state index contributed by atoms with van der Waals surface area (Å²) in [6.07, 6.45) is 9.07. The van der Waals surface area contributed by atoms with Gasteiger partial charge in [-0.2, -0.15) is 18.3 Å². The number of halogens is 3. The van der Waals surface area contributed by atoms with Gasteiger partial charge in [-0.05, 0) is 62.8 Å². The van der Waals surface area contributed by atoms with Gasteiger partial charge in [0.25, 0.3) is 5.91 Å². The fraction of sp³-hybridized carbons (Fsp3) is 0.344. The lowest BCUT2D eigenvalue weighted by Crippen LogP contribution is -2.32. The number of nitrogens with one attached hydrogen (secondary N) is 2. The van der Waals surface area contributed by atoms with Gasteiger partial charge in [-0.25, -0.2) is 9.97 Å².